The van der Waals surface area contributed by atoms with Gasteiger partial charge in [0, 0.05) is 37.2 Å². The molecule has 0 saturated carbocycles. The molecule has 5 N–H and O–H groups in total. The van der Waals surface area contributed by atoms with Crippen LogP contribution in [-0.4, -0.2) is 36.4 Å². The zero-order chi connectivity index (χ0) is 26.9. The van der Waals surface area contributed by atoms with Crippen LogP contribution in [0.25, 0.3) is 0 Å². The average molecular weight is 536 g/mol. The zero-order valence-electron chi connectivity index (χ0n) is 21.3. The van der Waals surface area contributed by atoms with Gasteiger partial charge in [0.25, 0.3) is 11.8 Å². The molecular weight excluding hydrogens is 502 g/mol. The second-order valence-corrected chi connectivity index (χ2v) is 9.79. The van der Waals surface area contributed by atoms with E-state index in [9.17, 15) is 14.7 Å². The number of allylic oxidation sites excluding steroid dienone is 1. The number of aliphatic hydroxyl groups excluding tert-OH is 1. The van der Waals surface area contributed by atoms with Gasteiger partial charge >= 0.3 is 0 Å². The van der Waals surface area contributed by atoms with Gasteiger partial charge in [0.1, 0.15) is 0 Å². The fourth-order valence-corrected chi connectivity index (χ4v) is 5.17. The molecule has 0 saturated heterocycles. The molecule has 0 bridgehead atoms. The highest BCUT2D eigenvalue weighted by Crippen LogP contribution is 2.40. The first-order chi connectivity index (χ1) is 18.5. The Hall–Kier alpha value is -3.66. The Morgan fingerprint density at radius 2 is 1.89 bits per heavy atom. The lowest BCUT2D eigenvalue weighted by molar-refractivity contribution is -0.166. The van der Waals surface area contributed by atoms with E-state index in [1.165, 1.54) is 0 Å². The fourth-order valence-electron chi connectivity index (χ4n) is 4.46. The molecule has 1 aliphatic rings. The molecule has 9 heteroatoms. The molecule has 0 spiro atoms. The minimum Gasteiger partial charge on any atom is -0.459 e. The second-order valence-electron chi connectivity index (χ2n) is 9.01. The van der Waals surface area contributed by atoms with Gasteiger partial charge in [-0.1, -0.05) is 24.3 Å². The molecular formula is C29H33N3O5S. The topological polar surface area (TPSA) is 123 Å². The van der Waals surface area contributed by atoms with Crippen molar-refractivity contribution >= 4 is 34.5 Å². The quantitative estimate of drug-likeness (QED) is 0.265. The summed E-state index contributed by atoms with van der Waals surface area (Å²) >= 11 is 1.60. The Morgan fingerprint density at radius 3 is 2.58 bits per heavy atom. The Labute approximate surface area is 226 Å². The predicted molar refractivity (Wildman–Crippen MR) is 149 cm³/mol. The SMILES string of the molecule is CCO[C@H]1OC(C(=O)NCc2ccc(C(=O)Nc3ccccc3N)cc2)=C[C@@H](c2ccsc2)[C@@H]1CCCO. The van der Waals surface area contributed by atoms with Gasteiger partial charge in [0.15, 0.2) is 5.76 Å². The summed E-state index contributed by atoms with van der Waals surface area (Å²) in [7, 11) is 0. The van der Waals surface area contributed by atoms with E-state index >= 15 is 0 Å². The number of nitrogens with one attached hydrogen (secondary N) is 2. The first kappa shape index (κ1) is 27.4. The van der Waals surface area contributed by atoms with E-state index in [-0.39, 0.29) is 42.6 Å². The second kappa shape index (κ2) is 13.2. The van der Waals surface area contributed by atoms with Crippen molar-refractivity contribution in [1.29, 1.82) is 0 Å². The average Bonchev–Trinajstić information content (AvgIpc) is 3.47. The van der Waals surface area contributed by atoms with Crippen molar-refractivity contribution < 1.29 is 24.2 Å². The number of nitrogens with two attached hydrogens (primary N) is 1. The van der Waals surface area contributed by atoms with E-state index in [4.69, 9.17) is 15.2 Å². The van der Waals surface area contributed by atoms with Gasteiger partial charge in [-0.25, -0.2) is 0 Å². The third-order valence-electron chi connectivity index (χ3n) is 6.44. The monoisotopic (exact) mass is 535 g/mol. The lowest BCUT2D eigenvalue weighted by atomic mass is 9.81. The summed E-state index contributed by atoms with van der Waals surface area (Å²) in [5.41, 5.74) is 9.37. The third-order valence-corrected chi connectivity index (χ3v) is 7.14. The highest BCUT2D eigenvalue weighted by molar-refractivity contribution is 7.08. The van der Waals surface area contributed by atoms with Crippen LogP contribution < -0.4 is 16.4 Å². The number of amides is 2. The van der Waals surface area contributed by atoms with Crippen LogP contribution in [0.1, 0.15) is 47.2 Å². The maximum Gasteiger partial charge on any atom is 0.286 e. The van der Waals surface area contributed by atoms with Crippen molar-refractivity contribution in [2.24, 2.45) is 5.92 Å². The number of para-hydroxylation sites is 2. The molecule has 0 aliphatic carbocycles. The largest absolute Gasteiger partial charge is 0.459 e. The predicted octanol–water partition coefficient (Wildman–Crippen LogP) is 4.65. The molecule has 2 amide bonds. The minimum atomic E-state index is -0.585. The molecule has 4 rings (SSSR count). The standard InChI is InChI=1S/C29H33N3O5S/c1-2-36-29-22(6-5-14-33)23(21-13-15-38-18-21)16-26(37-29)28(35)31-17-19-9-11-20(12-10-19)27(34)32-25-8-4-3-7-24(25)30/h3-4,7-13,15-16,18,22-23,29,33H,2,5-6,14,17,30H2,1H3,(H,31,35)(H,32,34)/t22-,23-,29-/m0/s1. The van der Waals surface area contributed by atoms with Crippen LogP contribution in [0.3, 0.4) is 0 Å². The summed E-state index contributed by atoms with van der Waals surface area (Å²) < 4.78 is 11.9. The number of benzene rings is 2. The Morgan fingerprint density at radius 1 is 1.11 bits per heavy atom. The Balaban J connectivity index is 1.41. The highest BCUT2D eigenvalue weighted by atomic mass is 32.1. The van der Waals surface area contributed by atoms with Crippen molar-refractivity contribution in [3.63, 3.8) is 0 Å². The molecule has 1 aromatic heterocycles. The van der Waals surface area contributed by atoms with E-state index in [0.717, 1.165) is 11.1 Å². The molecule has 2 heterocycles. The smallest absolute Gasteiger partial charge is 0.286 e. The molecule has 1 aliphatic heterocycles. The summed E-state index contributed by atoms with van der Waals surface area (Å²) in [6, 6.07) is 16.1. The molecule has 38 heavy (non-hydrogen) atoms. The van der Waals surface area contributed by atoms with Gasteiger partial charge in [-0.2, -0.15) is 11.3 Å². The molecule has 0 unspecified atom stereocenters. The first-order valence-corrected chi connectivity index (χ1v) is 13.6. The van der Waals surface area contributed by atoms with Crippen molar-refractivity contribution in [3.8, 4) is 0 Å². The van der Waals surface area contributed by atoms with E-state index < -0.39 is 6.29 Å². The minimum absolute atomic E-state index is 0.0156. The summed E-state index contributed by atoms with van der Waals surface area (Å²) in [6.07, 6.45) is 2.61. The zero-order valence-corrected chi connectivity index (χ0v) is 22.1. The molecule has 8 nitrogen and oxygen atoms in total. The summed E-state index contributed by atoms with van der Waals surface area (Å²) in [6.45, 7) is 2.69. The summed E-state index contributed by atoms with van der Waals surface area (Å²) in [4.78, 5) is 25.7. The number of aliphatic hydroxyl groups is 1. The van der Waals surface area contributed by atoms with E-state index in [1.807, 2.05) is 24.4 Å². The lowest BCUT2D eigenvalue weighted by Gasteiger charge is -2.36. The first-order valence-electron chi connectivity index (χ1n) is 12.7. The normalized spacial score (nSPS) is 18.8. The number of hydrogen-bond donors (Lipinski definition) is 4. The summed E-state index contributed by atoms with van der Waals surface area (Å²) in [5, 5.41) is 19.2. The van der Waals surface area contributed by atoms with Crippen molar-refractivity contribution in [3.05, 3.63) is 93.9 Å². The fraction of sp³-hybridized carbons (Fsp3) is 0.310. The highest BCUT2D eigenvalue weighted by Gasteiger charge is 2.37. The van der Waals surface area contributed by atoms with E-state index in [2.05, 4.69) is 16.0 Å². The molecule has 3 aromatic rings. The molecule has 0 fully saturated rings. The number of anilines is 2. The molecule has 0 radical (unpaired) electrons. The number of nitrogen functional groups attached to an aromatic ring is 1. The van der Waals surface area contributed by atoms with Gasteiger partial charge in [-0.15, -0.1) is 0 Å². The van der Waals surface area contributed by atoms with E-state index in [0.29, 0.717) is 36.4 Å². The van der Waals surface area contributed by atoms with Crippen molar-refractivity contribution in [2.75, 3.05) is 24.3 Å². The number of rotatable bonds is 11. The molecule has 3 atom stereocenters. The van der Waals surface area contributed by atoms with Crippen LogP contribution in [0.5, 0.6) is 0 Å². The van der Waals surface area contributed by atoms with Crippen LogP contribution in [0.4, 0.5) is 11.4 Å². The van der Waals surface area contributed by atoms with Crippen LogP contribution in [0.15, 0.2) is 77.2 Å². The van der Waals surface area contributed by atoms with E-state index in [1.54, 1.807) is 59.9 Å². The van der Waals surface area contributed by atoms with Crippen LogP contribution in [0, 0.1) is 5.92 Å². The number of hydrogen-bond acceptors (Lipinski definition) is 7. The van der Waals surface area contributed by atoms with Crippen molar-refractivity contribution in [1.82, 2.24) is 5.32 Å². The van der Waals surface area contributed by atoms with Gasteiger partial charge in [0.05, 0.1) is 11.4 Å². The van der Waals surface area contributed by atoms with Gasteiger partial charge < -0.3 is 30.9 Å². The van der Waals surface area contributed by atoms with Crippen molar-refractivity contribution in [2.45, 2.75) is 38.5 Å². The number of thiophene rings is 1. The Bertz CT molecular complexity index is 1240. The molecule has 200 valence electrons. The number of carbonyl (C=O) groups is 2. The van der Waals surface area contributed by atoms with Crippen LogP contribution in [0.2, 0.25) is 0 Å². The van der Waals surface area contributed by atoms with Gasteiger partial charge in [0.2, 0.25) is 6.29 Å². The molecule has 2 aromatic carbocycles. The lowest BCUT2D eigenvalue weighted by Crippen LogP contribution is -2.38. The number of ether oxygens (including phenoxy) is 2. The maximum atomic E-state index is 13.1. The Kier molecular flexibility index (Phi) is 9.53. The van der Waals surface area contributed by atoms with Crippen LogP contribution >= 0.6 is 11.3 Å². The van der Waals surface area contributed by atoms with Gasteiger partial charge in [-0.05, 0) is 78.1 Å². The maximum absolute atomic E-state index is 13.1. The number of carbonyl (C=O) groups excluding carboxylic acids is 2. The summed E-state index contributed by atoms with van der Waals surface area (Å²) in [5.74, 6) is -0.460. The third kappa shape index (κ3) is 6.80. The van der Waals surface area contributed by atoms with Crippen LogP contribution in [-0.2, 0) is 20.8 Å². The van der Waals surface area contributed by atoms with Gasteiger partial charge in [-0.3, -0.25) is 9.59 Å².